The molecule has 0 spiro atoms. The van der Waals surface area contributed by atoms with E-state index in [4.69, 9.17) is 0 Å². The second kappa shape index (κ2) is 9.81. The summed E-state index contributed by atoms with van der Waals surface area (Å²) in [6.07, 6.45) is 9.52. The van der Waals surface area contributed by atoms with E-state index in [1.165, 1.54) is 10.9 Å². The Kier molecular flexibility index (Phi) is 6.08. The van der Waals surface area contributed by atoms with Gasteiger partial charge in [-0.2, -0.15) is 10.2 Å². The van der Waals surface area contributed by atoms with E-state index in [-0.39, 0.29) is 23.9 Å². The molecule has 4 heterocycles. The van der Waals surface area contributed by atoms with Crippen molar-refractivity contribution in [3.05, 3.63) is 89.4 Å². The summed E-state index contributed by atoms with van der Waals surface area (Å²) in [4.78, 5) is 32.2. The highest BCUT2D eigenvalue weighted by Gasteiger charge is 2.39. The summed E-state index contributed by atoms with van der Waals surface area (Å²) >= 11 is 0. The minimum Gasteiger partial charge on any atom is -0.388 e. The molecule has 0 unspecified atom stereocenters. The van der Waals surface area contributed by atoms with Crippen LogP contribution in [0.5, 0.6) is 0 Å². The lowest BCUT2D eigenvalue weighted by Crippen LogP contribution is -2.50. The standard InChI is InChI=1S/C31H31N7O3/c1-21-16-24(37-13-3-12-33-37)8-9-26(21)23-4-2-5-25(17-23)38-28-27(18-34-38)30(40)36(20-32-28)19-31(41)10-14-35(15-11-31)29(39)22-6-7-22/h2-5,8-9,12-13,16-18,20,22,41H,6-7,10-11,14-15,19H2,1H3. The van der Waals surface area contributed by atoms with Gasteiger partial charge < -0.3 is 10.0 Å². The van der Waals surface area contributed by atoms with Crippen LogP contribution in [0.3, 0.4) is 0 Å². The van der Waals surface area contributed by atoms with Crippen molar-refractivity contribution in [2.75, 3.05) is 13.1 Å². The predicted octanol–water partition coefficient (Wildman–Crippen LogP) is 3.51. The largest absolute Gasteiger partial charge is 0.388 e. The highest BCUT2D eigenvalue weighted by Crippen LogP contribution is 2.33. The van der Waals surface area contributed by atoms with Crippen molar-refractivity contribution in [2.45, 2.75) is 44.8 Å². The Morgan fingerprint density at radius 1 is 1.05 bits per heavy atom. The van der Waals surface area contributed by atoms with Crippen LogP contribution in [-0.2, 0) is 11.3 Å². The molecule has 1 N–H and O–H groups in total. The lowest BCUT2D eigenvalue weighted by molar-refractivity contribution is -0.137. The van der Waals surface area contributed by atoms with Gasteiger partial charge in [-0.1, -0.05) is 18.2 Å². The number of hydrogen-bond donors (Lipinski definition) is 1. The number of aryl methyl sites for hydroxylation is 1. The van der Waals surface area contributed by atoms with E-state index in [1.807, 2.05) is 46.1 Å². The number of rotatable bonds is 6. The Labute approximate surface area is 236 Å². The molecule has 41 heavy (non-hydrogen) atoms. The van der Waals surface area contributed by atoms with Crippen LogP contribution in [-0.4, -0.2) is 63.7 Å². The average molecular weight is 550 g/mol. The molecule has 1 amide bonds. The molecule has 2 fully saturated rings. The van der Waals surface area contributed by atoms with Crippen molar-refractivity contribution in [2.24, 2.45) is 5.92 Å². The van der Waals surface area contributed by atoms with Crippen LogP contribution in [0.4, 0.5) is 0 Å². The number of nitrogens with zero attached hydrogens (tertiary/aromatic N) is 7. The Bertz CT molecular complexity index is 1810. The SMILES string of the molecule is Cc1cc(-n2cccn2)ccc1-c1cccc(-n2ncc3c(=O)n(CC4(O)CCN(C(=O)C5CC5)CC4)cnc32)c1. The quantitative estimate of drug-likeness (QED) is 0.347. The van der Waals surface area contributed by atoms with Crippen molar-refractivity contribution < 1.29 is 9.90 Å². The third-order valence-corrected chi connectivity index (χ3v) is 8.33. The zero-order chi connectivity index (χ0) is 28.1. The maximum atomic E-state index is 13.4. The molecule has 10 heteroatoms. The van der Waals surface area contributed by atoms with Gasteiger partial charge in [0, 0.05) is 31.4 Å². The summed E-state index contributed by atoms with van der Waals surface area (Å²) in [5.74, 6) is 0.370. The first-order chi connectivity index (χ1) is 19.9. The van der Waals surface area contributed by atoms with Gasteiger partial charge in [0.1, 0.15) is 11.7 Å². The van der Waals surface area contributed by atoms with Crippen LogP contribution >= 0.6 is 0 Å². The van der Waals surface area contributed by atoms with Gasteiger partial charge in [-0.15, -0.1) is 0 Å². The maximum Gasteiger partial charge on any atom is 0.264 e. The zero-order valence-corrected chi connectivity index (χ0v) is 22.8. The van der Waals surface area contributed by atoms with Gasteiger partial charge in [-0.3, -0.25) is 14.2 Å². The first-order valence-electron chi connectivity index (χ1n) is 14.0. The van der Waals surface area contributed by atoms with E-state index < -0.39 is 5.60 Å². The fraction of sp³-hybridized carbons (Fsp3) is 0.323. The summed E-state index contributed by atoms with van der Waals surface area (Å²) in [5.41, 5.74) is 4.18. The summed E-state index contributed by atoms with van der Waals surface area (Å²) in [7, 11) is 0. The third kappa shape index (κ3) is 4.74. The second-order valence-electron chi connectivity index (χ2n) is 11.3. The molecular formula is C31H31N7O3. The number of aliphatic hydroxyl groups is 1. The average Bonchev–Trinajstić information content (AvgIpc) is 3.50. The van der Waals surface area contributed by atoms with Crippen LogP contribution in [0.25, 0.3) is 33.5 Å². The van der Waals surface area contributed by atoms with E-state index in [2.05, 4.69) is 40.3 Å². The molecule has 10 nitrogen and oxygen atoms in total. The molecule has 1 aliphatic heterocycles. The van der Waals surface area contributed by atoms with E-state index in [9.17, 15) is 14.7 Å². The molecule has 2 aromatic carbocycles. The fourth-order valence-corrected chi connectivity index (χ4v) is 5.80. The van der Waals surface area contributed by atoms with E-state index >= 15 is 0 Å². The van der Waals surface area contributed by atoms with Gasteiger partial charge in [-0.25, -0.2) is 14.3 Å². The van der Waals surface area contributed by atoms with Crippen molar-refractivity contribution >= 4 is 16.9 Å². The van der Waals surface area contributed by atoms with Gasteiger partial charge in [0.2, 0.25) is 5.91 Å². The maximum absolute atomic E-state index is 13.4. The van der Waals surface area contributed by atoms with Gasteiger partial charge in [-0.05, 0) is 79.6 Å². The van der Waals surface area contributed by atoms with Crippen LogP contribution < -0.4 is 5.56 Å². The first-order valence-corrected chi connectivity index (χ1v) is 14.0. The minimum atomic E-state index is -1.06. The van der Waals surface area contributed by atoms with Crippen molar-refractivity contribution in [1.29, 1.82) is 0 Å². The van der Waals surface area contributed by atoms with Crippen LogP contribution in [0.1, 0.15) is 31.2 Å². The predicted molar refractivity (Wildman–Crippen MR) is 154 cm³/mol. The Morgan fingerprint density at radius 3 is 2.61 bits per heavy atom. The van der Waals surface area contributed by atoms with E-state index in [1.54, 1.807) is 17.1 Å². The van der Waals surface area contributed by atoms with Crippen molar-refractivity contribution in [3.8, 4) is 22.5 Å². The van der Waals surface area contributed by atoms with Crippen LogP contribution in [0.15, 0.2) is 78.2 Å². The molecular weight excluding hydrogens is 518 g/mol. The first kappa shape index (κ1) is 25.4. The molecule has 2 aliphatic rings. The lowest BCUT2D eigenvalue weighted by Gasteiger charge is -2.38. The molecule has 5 aromatic rings. The molecule has 7 rings (SSSR count). The normalized spacial score (nSPS) is 16.8. The molecule has 0 bridgehead atoms. The summed E-state index contributed by atoms with van der Waals surface area (Å²) in [5, 5.41) is 20.5. The monoisotopic (exact) mass is 549 g/mol. The lowest BCUT2D eigenvalue weighted by atomic mass is 9.91. The second-order valence-corrected chi connectivity index (χ2v) is 11.3. The number of carbonyl (C=O) groups excluding carboxylic acids is 1. The molecule has 1 saturated carbocycles. The number of benzene rings is 2. The molecule has 1 aliphatic carbocycles. The van der Waals surface area contributed by atoms with Crippen LogP contribution in [0.2, 0.25) is 0 Å². The van der Waals surface area contributed by atoms with Crippen molar-refractivity contribution in [1.82, 2.24) is 34.0 Å². The van der Waals surface area contributed by atoms with E-state index in [0.717, 1.165) is 40.9 Å². The smallest absolute Gasteiger partial charge is 0.264 e. The van der Waals surface area contributed by atoms with E-state index in [0.29, 0.717) is 37.0 Å². The number of hydrogen-bond acceptors (Lipinski definition) is 6. The van der Waals surface area contributed by atoms with Gasteiger partial charge >= 0.3 is 0 Å². The number of fused-ring (bicyclic) bond motifs is 1. The summed E-state index contributed by atoms with van der Waals surface area (Å²) < 4.78 is 4.97. The van der Waals surface area contributed by atoms with Gasteiger partial charge in [0.25, 0.3) is 5.56 Å². The zero-order valence-electron chi connectivity index (χ0n) is 22.8. The molecule has 208 valence electrons. The third-order valence-electron chi connectivity index (χ3n) is 8.33. The van der Waals surface area contributed by atoms with Crippen molar-refractivity contribution in [3.63, 3.8) is 0 Å². The fourth-order valence-electron chi connectivity index (χ4n) is 5.80. The number of likely N-dealkylation sites (tertiary alicyclic amines) is 1. The molecule has 0 atom stereocenters. The molecule has 0 radical (unpaired) electrons. The Hall–Kier alpha value is -4.57. The summed E-state index contributed by atoms with van der Waals surface area (Å²) in [6, 6.07) is 16.1. The number of carbonyl (C=O) groups is 1. The number of aromatic nitrogens is 6. The topological polar surface area (TPSA) is 111 Å². The van der Waals surface area contributed by atoms with Gasteiger partial charge in [0.05, 0.1) is 29.7 Å². The number of piperidine rings is 1. The minimum absolute atomic E-state index is 0.134. The highest BCUT2D eigenvalue weighted by atomic mass is 16.3. The number of amides is 1. The molecule has 3 aromatic heterocycles. The summed E-state index contributed by atoms with van der Waals surface area (Å²) in [6.45, 7) is 3.23. The Morgan fingerprint density at radius 2 is 1.88 bits per heavy atom. The van der Waals surface area contributed by atoms with Crippen LogP contribution in [0, 0.1) is 12.8 Å². The molecule has 1 saturated heterocycles. The van der Waals surface area contributed by atoms with Gasteiger partial charge in [0.15, 0.2) is 5.65 Å². The highest BCUT2D eigenvalue weighted by molar-refractivity contribution is 5.81. The Balaban J connectivity index is 1.13.